The number of nitrogens with zero attached hydrogens (tertiary/aromatic N) is 1. The van der Waals surface area contributed by atoms with Gasteiger partial charge in [-0.3, -0.25) is 0 Å². The van der Waals surface area contributed by atoms with Crippen molar-refractivity contribution < 1.29 is 14.3 Å². The van der Waals surface area contributed by atoms with Gasteiger partial charge in [0.25, 0.3) is 0 Å². The Bertz CT molecular complexity index is 354. The van der Waals surface area contributed by atoms with Crippen LogP contribution in [0.15, 0.2) is 0 Å². The van der Waals surface area contributed by atoms with E-state index in [1.807, 2.05) is 20.8 Å². The molecule has 1 rings (SSSR count). The lowest BCUT2D eigenvalue weighted by molar-refractivity contribution is -0.0850. The molecule has 1 fully saturated rings. The lowest BCUT2D eigenvalue weighted by Gasteiger charge is -2.41. The van der Waals surface area contributed by atoms with Gasteiger partial charge in [0, 0.05) is 13.2 Å². The maximum Gasteiger partial charge on any atom is 0.410 e. The molecule has 0 spiro atoms. The molecule has 0 aromatic heterocycles. The molecule has 1 aliphatic heterocycles. The Hall–Kier alpha value is -0.770. The molecule has 1 atom stereocenters. The smallest absolute Gasteiger partial charge is 0.410 e. The average Bonchev–Trinajstić information content (AvgIpc) is 2.24. The summed E-state index contributed by atoms with van der Waals surface area (Å²) >= 11 is 0. The number of piperidine rings is 1. The Morgan fingerprint density at radius 2 is 1.81 bits per heavy atom. The molecule has 0 radical (unpaired) electrons. The normalized spacial score (nSPS) is 24.0. The molecule has 0 aliphatic carbocycles. The minimum atomic E-state index is -0.446. The highest BCUT2D eigenvalue weighted by molar-refractivity contribution is 5.68. The molecular formula is C17H33NO3. The quantitative estimate of drug-likeness (QED) is 0.783. The Labute approximate surface area is 130 Å². The Kier molecular flexibility index (Phi) is 5.70. The first-order valence-electron chi connectivity index (χ1n) is 8.02. The molecule has 21 heavy (non-hydrogen) atoms. The largest absolute Gasteiger partial charge is 0.444 e. The summed E-state index contributed by atoms with van der Waals surface area (Å²) in [5.41, 5.74) is -0.422. The zero-order chi connectivity index (χ0) is 16.3. The van der Waals surface area contributed by atoms with E-state index in [4.69, 9.17) is 9.47 Å². The average molecular weight is 299 g/mol. The van der Waals surface area contributed by atoms with E-state index in [2.05, 4.69) is 27.7 Å². The fourth-order valence-electron chi connectivity index (χ4n) is 2.41. The maximum atomic E-state index is 12.2. The molecule has 1 aliphatic rings. The van der Waals surface area contributed by atoms with Crippen molar-refractivity contribution in [3.63, 3.8) is 0 Å². The van der Waals surface area contributed by atoms with Gasteiger partial charge in [0.1, 0.15) is 5.60 Å². The Morgan fingerprint density at radius 3 is 2.33 bits per heavy atom. The van der Waals surface area contributed by atoms with E-state index >= 15 is 0 Å². The van der Waals surface area contributed by atoms with Gasteiger partial charge in [-0.25, -0.2) is 4.79 Å². The van der Waals surface area contributed by atoms with Crippen LogP contribution >= 0.6 is 0 Å². The third-order valence-electron chi connectivity index (χ3n) is 3.61. The van der Waals surface area contributed by atoms with Gasteiger partial charge in [0.05, 0.1) is 12.1 Å². The molecule has 4 nitrogen and oxygen atoms in total. The van der Waals surface area contributed by atoms with Gasteiger partial charge in [0.2, 0.25) is 0 Å². The zero-order valence-electron chi connectivity index (χ0n) is 14.9. The topological polar surface area (TPSA) is 38.8 Å². The van der Waals surface area contributed by atoms with Crippen LogP contribution in [0.1, 0.15) is 67.7 Å². The number of hydrogen-bond acceptors (Lipinski definition) is 3. The summed E-state index contributed by atoms with van der Waals surface area (Å²) < 4.78 is 11.6. The summed E-state index contributed by atoms with van der Waals surface area (Å²) in [7, 11) is 0. The molecule has 1 heterocycles. The predicted octanol–water partition coefficient (Wildman–Crippen LogP) is 4.23. The van der Waals surface area contributed by atoms with E-state index in [0.717, 1.165) is 32.4 Å². The Morgan fingerprint density at radius 1 is 1.19 bits per heavy atom. The molecule has 0 aromatic carbocycles. The molecule has 0 aromatic rings. The van der Waals surface area contributed by atoms with Crippen LogP contribution < -0.4 is 0 Å². The van der Waals surface area contributed by atoms with Crippen molar-refractivity contribution in [1.82, 2.24) is 4.90 Å². The molecule has 0 saturated carbocycles. The first kappa shape index (κ1) is 18.3. The second-order valence-corrected chi connectivity index (χ2v) is 8.61. The predicted molar refractivity (Wildman–Crippen MR) is 85.5 cm³/mol. The van der Waals surface area contributed by atoms with Crippen LogP contribution in [0.2, 0.25) is 0 Å². The number of amides is 1. The lowest BCUT2D eigenvalue weighted by atomic mass is 9.92. The van der Waals surface area contributed by atoms with Gasteiger partial charge in [0.15, 0.2) is 0 Å². The molecule has 1 unspecified atom stereocenters. The fraction of sp³-hybridized carbons (Fsp3) is 0.941. The van der Waals surface area contributed by atoms with Crippen LogP contribution in [0.25, 0.3) is 0 Å². The van der Waals surface area contributed by atoms with Crippen LogP contribution in [0.3, 0.4) is 0 Å². The molecule has 124 valence electrons. The summed E-state index contributed by atoms with van der Waals surface area (Å²) in [5.74, 6) is 0. The van der Waals surface area contributed by atoms with Crippen LogP contribution in [0, 0.1) is 5.41 Å². The molecule has 4 heteroatoms. The number of likely N-dealkylation sites (tertiary alicyclic amines) is 1. The summed E-state index contributed by atoms with van der Waals surface area (Å²) in [6, 6.07) is 0. The summed E-state index contributed by atoms with van der Waals surface area (Å²) in [5, 5.41) is 0. The monoisotopic (exact) mass is 299 g/mol. The van der Waals surface area contributed by atoms with Gasteiger partial charge in [-0.15, -0.1) is 0 Å². The van der Waals surface area contributed by atoms with E-state index in [-0.39, 0.29) is 17.1 Å². The number of rotatable bonds is 3. The minimum absolute atomic E-state index is 0.229. The van der Waals surface area contributed by atoms with E-state index in [1.54, 1.807) is 4.90 Å². The van der Waals surface area contributed by atoms with Crippen LogP contribution in [-0.4, -0.2) is 41.9 Å². The Balaban J connectivity index is 2.52. The van der Waals surface area contributed by atoms with Crippen LogP contribution in [0.4, 0.5) is 4.79 Å². The van der Waals surface area contributed by atoms with Crippen molar-refractivity contribution in [2.45, 2.75) is 78.9 Å². The number of ether oxygens (including phenoxy) is 2. The van der Waals surface area contributed by atoms with E-state index in [0.29, 0.717) is 6.54 Å². The van der Waals surface area contributed by atoms with E-state index in [9.17, 15) is 4.79 Å². The number of carbonyl (C=O) groups is 1. The van der Waals surface area contributed by atoms with Gasteiger partial charge >= 0.3 is 6.09 Å². The third kappa shape index (κ3) is 7.16. The van der Waals surface area contributed by atoms with Crippen molar-refractivity contribution in [3.8, 4) is 0 Å². The van der Waals surface area contributed by atoms with Gasteiger partial charge < -0.3 is 14.4 Å². The fourth-order valence-corrected chi connectivity index (χ4v) is 2.41. The second-order valence-electron chi connectivity index (χ2n) is 8.61. The van der Waals surface area contributed by atoms with Crippen molar-refractivity contribution in [3.05, 3.63) is 0 Å². The molecular weight excluding hydrogens is 266 g/mol. The number of carbonyl (C=O) groups excluding carboxylic acids is 1. The second kappa shape index (κ2) is 6.55. The van der Waals surface area contributed by atoms with E-state index < -0.39 is 5.60 Å². The lowest BCUT2D eigenvalue weighted by Crippen LogP contribution is -2.51. The molecule has 0 bridgehead atoms. The van der Waals surface area contributed by atoms with Crippen molar-refractivity contribution in [2.24, 2.45) is 5.41 Å². The summed E-state index contributed by atoms with van der Waals surface area (Å²) in [6.07, 6.45) is 2.75. The van der Waals surface area contributed by atoms with Crippen LogP contribution in [-0.2, 0) is 9.47 Å². The third-order valence-corrected chi connectivity index (χ3v) is 3.61. The maximum absolute atomic E-state index is 12.2. The van der Waals surface area contributed by atoms with Gasteiger partial charge in [-0.05, 0) is 52.4 Å². The summed E-state index contributed by atoms with van der Waals surface area (Å²) in [6.45, 7) is 16.6. The standard InChI is InChI=1S/C17H33NO3/c1-15(2,3)10-12-20-17(7)9-8-11-18(13-17)14(19)21-16(4,5)6/h8-13H2,1-7H3. The first-order valence-corrected chi connectivity index (χ1v) is 8.02. The van der Waals surface area contributed by atoms with Crippen molar-refractivity contribution in [2.75, 3.05) is 19.7 Å². The molecule has 0 N–H and O–H groups in total. The van der Waals surface area contributed by atoms with Crippen molar-refractivity contribution >= 4 is 6.09 Å². The van der Waals surface area contributed by atoms with Gasteiger partial charge in [-0.2, -0.15) is 0 Å². The van der Waals surface area contributed by atoms with Gasteiger partial charge in [-0.1, -0.05) is 20.8 Å². The first-order chi connectivity index (χ1) is 9.40. The SMILES string of the molecule is CC(C)(C)CCOC1(C)CCCN(C(=O)OC(C)(C)C)C1. The van der Waals surface area contributed by atoms with Crippen LogP contribution in [0.5, 0.6) is 0 Å². The van der Waals surface area contributed by atoms with E-state index in [1.165, 1.54) is 0 Å². The highest BCUT2D eigenvalue weighted by Gasteiger charge is 2.35. The molecule has 1 saturated heterocycles. The highest BCUT2D eigenvalue weighted by atomic mass is 16.6. The highest BCUT2D eigenvalue weighted by Crippen LogP contribution is 2.28. The van der Waals surface area contributed by atoms with Crippen molar-refractivity contribution in [1.29, 1.82) is 0 Å². The molecule has 1 amide bonds. The number of hydrogen-bond donors (Lipinski definition) is 0. The zero-order valence-corrected chi connectivity index (χ0v) is 14.9. The minimum Gasteiger partial charge on any atom is -0.444 e. The summed E-state index contributed by atoms with van der Waals surface area (Å²) in [4.78, 5) is 14.0.